The van der Waals surface area contributed by atoms with Crippen molar-refractivity contribution in [2.75, 3.05) is 6.61 Å². The van der Waals surface area contributed by atoms with Gasteiger partial charge in [0.25, 0.3) is 0 Å². The molecule has 0 bridgehead atoms. The van der Waals surface area contributed by atoms with Crippen molar-refractivity contribution in [3.05, 3.63) is 23.5 Å². The smallest absolute Gasteiger partial charge is 0.303 e. The van der Waals surface area contributed by atoms with Gasteiger partial charge in [-0.1, -0.05) is 0 Å². The predicted octanol–water partition coefficient (Wildman–Crippen LogP) is 0.567. The van der Waals surface area contributed by atoms with Crippen molar-refractivity contribution in [3.63, 3.8) is 0 Å². The Morgan fingerprint density at radius 1 is 1.46 bits per heavy atom. The lowest BCUT2D eigenvalue weighted by Gasteiger charge is -1.99. The fourth-order valence-corrected chi connectivity index (χ4v) is 1.26. The number of hydrogen-bond donors (Lipinski definition) is 3. The van der Waals surface area contributed by atoms with Crippen molar-refractivity contribution in [2.45, 2.75) is 19.3 Å². The number of nitrogens with one attached hydrogen (secondary N) is 1. The Kier molecular flexibility index (Phi) is 3.52. The monoisotopic (exact) mass is 183 g/mol. The Morgan fingerprint density at radius 2 is 2.23 bits per heavy atom. The highest BCUT2D eigenvalue weighted by Crippen LogP contribution is 2.09. The van der Waals surface area contributed by atoms with Crippen LogP contribution in [-0.2, 0) is 17.6 Å². The molecule has 3 N–H and O–H groups in total. The summed E-state index contributed by atoms with van der Waals surface area (Å²) in [5, 5.41) is 17.2. The van der Waals surface area contributed by atoms with Crippen molar-refractivity contribution in [2.24, 2.45) is 0 Å². The van der Waals surface area contributed by atoms with Crippen LogP contribution in [0.2, 0.25) is 0 Å². The molecule has 1 aromatic heterocycles. The number of aliphatic carboxylic acids is 1. The predicted molar refractivity (Wildman–Crippen MR) is 47.5 cm³/mol. The van der Waals surface area contributed by atoms with E-state index in [1.807, 2.05) is 6.07 Å². The highest BCUT2D eigenvalue weighted by atomic mass is 16.4. The molecule has 0 atom stereocenters. The van der Waals surface area contributed by atoms with Gasteiger partial charge in [0.05, 0.1) is 6.42 Å². The highest BCUT2D eigenvalue weighted by molar-refractivity contribution is 5.67. The summed E-state index contributed by atoms with van der Waals surface area (Å²) < 4.78 is 0. The van der Waals surface area contributed by atoms with Crippen LogP contribution in [0.15, 0.2) is 12.3 Å². The van der Waals surface area contributed by atoms with Gasteiger partial charge in [0.1, 0.15) is 0 Å². The van der Waals surface area contributed by atoms with Crippen molar-refractivity contribution < 1.29 is 15.0 Å². The van der Waals surface area contributed by atoms with Gasteiger partial charge in [-0.2, -0.15) is 0 Å². The standard InChI is InChI=1S/C9H13NO3/c11-6-4-7-3-5-10-8(7)1-2-9(12)13/h3,5,10-11H,1-2,4,6H2,(H,12,13). The molecule has 0 aliphatic rings. The summed E-state index contributed by atoms with van der Waals surface area (Å²) >= 11 is 0. The van der Waals surface area contributed by atoms with Crippen molar-refractivity contribution in [1.29, 1.82) is 0 Å². The Balaban J connectivity index is 2.54. The van der Waals surface area contributed by atoms with Crippen LogP contribution >= 0.6 is 0 Å². The van der Waals surface area contributed by atoms with E-state index < -0.39 is 5.97 Å². The van der Waals surface area contributed by atoms with Gasteiger partial charge >= 0.3 is 5.97 Å². The Hall–Kier alpha value is -1.29. The minimum atomic E-state index is -0.801. The summed E-state index contributed by atoms with van der Waals surface area (Å²) in [5.41, 5.74) is 1.92. The number of aliphatic hydroxyl groups excluding tert-OH is 1. The van der Waals surface area contributed by atoms with Crippen LogP contribution in [0.4, 0.5) is 0 Å². The number of aliphatic hydroxyl groups is 1. The molecule has 0 radical (unpaired) electrons. The third kappa shape index (κ3) is 2.91. The highest BCUT2D eigenvalue weighted by Gasteiger charge is 2.05. The zero-order valence-electron chi connectivity index (χ0n) is 7.29. The lowest BCUT2D eigenvalue weighted by Crippen LogP contribution is -2.01. The minimum Gasteiger partial charge on any atom is -0.481 e. The second-order valence-electron chi connectivity index (χ2n) is 2.85. The van der Waals surface area contributed by atoms with Crippen LogP contribution in [0.3, 0.4) is 0 Å². The van der Waals surface area contributed by atoms with Crippen molar-refractivity contribution in [3.8, 4) is 0 Å². The first-order valence-corrected chi connectivity index (χ1v) is 4.22. The number of carboxylic acid groups (broad SMARTS) is 1. The molecule has 0 spiro atoms. The van der Waals surface area contributed by atoms with Crippen molar-refractivity contribution in [1.82, 2.24) is 4.98 Å². The van der Waals surface area contributed by atoms with Crippen LogP contribution < -0.4 is 0 Å². The lowest BCUT2D eigenvalue weighted by atomic mass is 10.1. The van der Waals surface area contributed by atoms with E-state index in [9.17, 15) is 4.79 Å². The summed E-state index contributed by atoms with van der Waals surface area (Å²) in [4.78, 5) is 13.3. The third-order valence-electron chi connectivity index (χ3n) is 1.90. The van der Waals surface area contributed by atoms with Gasteiger partial charge in [-0.25, -0.2) is 0 Å². The zero-order chi connectivity index (χ0) is 9.68. The maximum Gasteiger partial charge on any atom is 0.303 e. The van der Waals surface area contributed by atoms with Gasteiger partial charge in [0.15, 0.2) is 0 Å². The number of hydrogen-bond acceptors (Lipinski definition) is 2. The van der Waals surface area contributed by atoms with E-state index in [2.05, 4.69) is 4.98 Å². The fourth-order valence-electron chi connectivity index (χ4n) is 1.26. The molecule has 0 fully saturated rings. The average molecular weight is 183 g/mol. The first kappa shape index (κ1) is 9.80. The summed E-state index contributed by atoms with van der Waals surface area (Å²) in [5.74, 6) is -0.801. The fraction of sp³-hybridized carbons (Fsp3) is 0.444. The Morgan fingerprint density at radius 3 is 2.85 bits per heavy atom. The van der Waals surface area contributed by atoms with Gasteiger partial charge in [-0.15, -0.1) is 0 Å². The SMILES string of the molecule is O=C(O)CCc1[nH]ccc1CCO. The topological polar surface area (TPSA) is 73.3 Å². The minimum absolute atomic E-state index is 0.0952. The van der Waals surface area contributed by atoms with E-state index in [0.717, 1.165) is 11.3 Å². The zero-order valence-corrected chi connectivity index (χ0v) is 7.29. The van der Waals surface area contributed by atoms with E-state index in [-0.39, 0.29) is 13.0 Å². The van der Waals surface area contributed by atoms with Gasteiger partial charge in [-0.3, -0.25) is 4.79 Å². The largest absolute Gasteiger partial charge is 0.481 e. The normalized spacial score (nSPS) is 10.2. The summed E-state index contributed by atoms with van der Waals surface area (Å²) in [6.45, 7) is 0.0952. The molecule has 4 heteroatoms. The number of rotatable bonds is 5. The first-order chi connectivity index (χ1) is 6.24. The number of carbonyl (C=O) groups is 1. The molecule has 0 aromatic carbocycles. The Bertz CT molecular complexity index is 280. The molecule has 72 valence electrons. The van der Waals surface area contributed by atoms with E-state index in [4.69, 9.17) is 10.2 Å². The number of aryl methyl sites for hydroxylation is 1. The molecule has 0 saturated heterocycles. The molecular formula is C9H13NO3. The quantitative estimate of drug-likeness (QED) is 0.624. The molecule has 0 aliphatic carbocycles. The van der Waals surface area contributed by atoms with Gasteiger partial charge in [0.2, 0.25) is 0 Å². The van der Waals surface area contributed by atoms with Gasteiger partial charge in [-0.05, 0) is 24.5 Å². The van der Waals surface area contributed by atoms with Crippen LogP contribution in [0, 0.1) is 0 Å². The second kappa shape index (κ2) is 4.67. The van der Waals surface area contributed by atoms with Crippen LogP contribution in [0.25, 0.3) is 0 Å². The molecule has 1 heterocycles. The molecular weight excluding hydrogens is 170 g/mol. The van der Waals surface area contributed by atoms with Crippen LogP contribution in [0.5, 0.6) is 0 Å². The molecule has 4 nitrogen and oxygen atoms in total. The second-order valence-corrected chi connectivity index (χ2v) is 2.85. The number of carboxylic acids is 1. The summed E-state index contributed by atoms with van der Waals surface area (Å²) in [6.07, 6.45) is 2.97. The molecule has 0 amide bonds. The molecule has 13 heavy (non-hydrogen) atoms. The van der Waals surface area contributed by atoms with E-state index in [1.54, 1.807) is 6.20 Å². The van der Waals surface area contributed by atoms with E-state index in [0.29, 0.717) is 12.8 Å². The lowest BCUT2D eigenvalue weighted by molar-refractivity contribution is -0.136. The molecule has 0 unspecified atom stereocenters. The van der Waals surface area contributed by atoms with Gasteiger partial charge in [0, 0.05) is 18.5 Å². The molecule has 1 aromatic rings. The van der Waals surface area contributed by atoms with E-state index in [1.165, 1.54) is 0 Å². The number of H-pyrrole nitrogens is 1. The number of aromatic amines is 1. The van der Waals surface area contributed by atoms with Crippen LogP contribution in [0.1, 0.15) is 17.7 Å². The Labute approximate surface area is 76.2 Å². The first-order valence-electron chi connectivity index (χ1n) is 4.22. The van der Waals surface area contributed by atoms with E-state index >= 15 is 0 Å². The number of aromatic nitrogens is 1. The van der Waals surface area contributed by atoms with Crippen molar-refractivity contribution >= 4 is 5.97 Å². The van der Waals surface area contributed by atoms with Crippen LogP contribution in [-0.4, -0.2) is 27.8 Å². The molecule has 1 rings (SSSR count). The molecule has 0 aliphatic heterocycles. The summed E-state index contributed by atoms with van der Waals surface area (Å²) in [7, 11) is 0. The van der Waals surface area contributed by atoms with Gasteiger partial charge < -0.3 is 15.2 Å². The maximum absolute atomic E-state index is 10.3. The molecule has 0 saturated carbocycles. The third-order valence-corrected chi connectivity index (χ3v) is 1.90. The maximum atomic E-state index is 10.3. The summed E-state index contributed by atoms with van der Waals surface area (Å²) in [6, 6.07) is 1.87. The average Bonchev–Trinajstić information content (AvgIpc) is 2.49.